The summed E-state index contributed by atoms with van der Waals surface area (Å²) in [5.74, 6) is 1.27. The summed E-state index contributed by atoms with van der Waals surface area (Å²) < 4.78 is 28.0. The van der Waals surface area contributed by atoms with E-state index in [2.05, 4.69) is 50.1 Å². The lowest BCUT2D eigenvalue weighted by atomic mass is 9.92. The molecule has 1 amide bonds. The predicted molar refractivity (Wildman–Crippen MR) is 133 cm³/mol. The summed E-state index contributed by atoms with van der Waals surface area (Å²) in [6, 6.07) is 11.1. The predicted octanol–water partition coefficient (Wildman–Crippen LogP) is 4.64. The average molecular weight is 471 g/mol. The van der Waals surface area contributed by atoms with Crippen molar-refractivity contribution >= 4 is 32.7 Å². The first-order valence-electron chi connectivity index (χ1n) is 11.2. The Morgan fingerprint density at radius 3 is 2.21 bits per heavy atom. The van der Waals surface area contributed by atoms with Crippen LogP contribution in [0.2, 0.25) is 0 Å². The second-order valence-corrected chi connectivity index (χ2v) is 11.3. The topological polar surface area (TPSA) is 84.3 Å². The number of sulfonamides is 1. The number of benzene rings is 2. The van der Waals surface area contributed by atoms with E-state index < -0.39 is 10.0 Å². The number of nitrogens with one attached hydrogen (secondary N) is 1. The van der Waals surface area contributed by atoms with Gasteiger partial charge < -0.3 is 9.88 Å². The van der Waals surface area contributed by atoms with Crippen LogP contribution in [0.15, 0.2) is 41.3 Å². The molecule has 0 aliphatic carbocycles. The molecule has 1 heterocycles. The van der Waals surface area contributed by atoms with Crippen molar-refractivity contribution in [2.24, 2.45) is 7.05 Å². The van der Waals surface area contributed by atoms with Crippen molar-refractivity contribution in [3.05, 3.63) is 53.3 Å². The fraction of sp³-hybridized carbons (Fsp3) is 0.440. The number of hydrogen-bond acceptors (Lipinski definition) is 4. The van der Waals surface area contributed by atoms with Crippen molar-refractivity contribution in [3.8, 4) is 0 Å². The molecule has 0 atom stereocenters. The van der Waals surface area contributed by atoms with E-state index in [-0.39, 0.29) is 17.2 Å². The number of rotatable bonds is 8. The fourth-order valence-electron chi connectivity index (χ4n) is 3.95. The lowest BCUT2D eigenvalue weighted by molar-refractivity contribution is -0.116. The highest BCUT2D eigenvalue weighted by Crippen LogP contribution is 2.32. The molecule has 0 fully saturated rings. The lowest BCUT2D eigenvalue weighted by Gasteiger charge is -2.20. The highest BCUT2D eigenvalue weighted by atomic mass is 32.2. The Kier molecular flexibility index (Phi) is 7.29. The molecule has 3 aromatic rings. The molecular formula is C25H34N4O3S. The first-order valence-corrected chi connectivity index (χ1v) is 12.7. The number of carbonyl (C=O) groups is 1. The highest BCUT2D eigenvalue weighted by molar-refractivity contribution is 7.89. The first-order chi connectivity index (χ1) is 15.4. The number of fused-ring (bicyclic) bond motifs is 1. The molecule has 7 nitrogen and oxygen atoms in total. The molecule has 0 saturated carbocycles. The Labute approximate surface area is 196 Å². The van der Waals surface area contributed by atoms with Gasteiger partial charge in [0.2, 0.25) is 15.9 Å². The summed E-state index contributed by atoms with van der Waals surface area (Å²) in [6.07, 6.45) is 0.734. The molecule has 0 unspecified atom stereocenters. The van der Waals surface area contributed by atoms with E-state index in [0.29, 0.717) is 23.8 Å². The molecule has 8 heteroatoms. The minimum atomic E-state index is -3.53. The molecule has 1 aromatic heterocycles. The standard InChI is InChI=1S/C25H34N4O3S/c1-16(2)19-9-8-10-20(17(3)4)25(19)27-24(30)14-13-23-26-21-15-18(33(31,32)28(5)6)11-12-22(21)29(23)7/h8-12,15-17H,13-14H2,1-7H3,(H,27,30). The molecule has 2 aromatic carbocycles. The van der Waals surface area contributed by atoms with E-state index in [4.69, 9.17) is 0 Å². The summed E-state index contributed by atoms with van der Waals surface area (Å²) in [5.41, 5.74) is 4.60. The van der Waals surface area contributed by atoms with Crippen molar-refractivity contribution in [1.29, 1.82) is 0 Å². The van der Waals surface area contributed by atoms with Gasteiger partial charge in [0.1, 0.15) is 5.82 Å². The van der Waals surface area contributed by atoms with E-state index in [1.165, 1.54) is 18.4 Å². The van der Waals surface area contributed by atoms with Crippen molar-refractivity contribution in [3.63, 3.8) is 0 Å². The van der Waals surface area contributed by atoms with Gasteiger partial charge in [-0.25, -0.2) is 17.7 Å². The van der Waals surface area contributed by atoms with Crippen molar-refractivity contribution in [1.82, 2.24) is 13.9 Å². The van der Waals surface area contributed by atoms with Crippen molar-refractivity contribution in [2.45, 2.75) is 57.3 Å². The number of amides is 1. The molecule has 0 saturated heterocycles. The first kappa shape index (κ1) is 24.9. The van der Waals surface area contributed by atoms with Gasteiger partial charge in [0.25, 0.3) is 0 Å². The van der Waals surface area contributed by atoms with E-state index in [1.807, 2.05) is 17.7 Å². The number of nitrogens with zero attached hydrogens (tertiary/aromatic N) is 3. The third-order valence-corrected chi connectivity index (χ3v) is 7.75. The van der Waals surface area contributed by atoms with E-state index >= 15 is 0 Å². The van der Waals surface area contributed by atoms with Crippen LogP contribution >= 0.6 is 0 Å². The maximum Gasteiger partial charge on any atom is 0.242 e. The Hall–Kier alpha value is -2.71. The van der Waals surface area contributed by atoms with Crippen LogP contribution in [0, 0.1) is 0 Å². The van der Waals surface area contributed by atoms with Crippen LogP contribution < -0.4 is 5.32 Å². The molecule has 0 radical (unpaired) electrons. The number of aryl methyl sites for hydroxylation is 2. The molecule has 0 spiro atoms. The summed E-state index contributed by atoms with van der Waals surface area (Å²) in [6.45, 7) is 8.50. The average Bonchev–Trinajstić information content (AvgIpc) is 3.06. The van der Waals surface area contributed by atoms with Gasteiger partial charge in [0.15, 0.2) is 0 Å². The minimum Gasteiger partial charge on any atom is -0.331 e. The Balaban J connectivity index is 1.81. The number of para-hydroxylation sites is 1. The fourth-order valence-corrected chi connectivity index (χ4v) is 4.87. The Bertz CT molecular complexity index is 1250. The zero-order valence-electron chi connectivity index (χ0n) is 20.5. The van der Waals surface area contributed by atoms with Crippen LogP contribution in [0.25, 0.3) is 11.0 Å². The molecular weight excluding hydrogens is 436 g/mol. The van der Waals surface area contributed by atoms with Crippen molar-refractivity contribution < 1.29 is 13.2 Å². The van der Waals surface area contributed by atoms with Gasteiger partial charge in [-0.15, -0.1) is 0 Å². The van der Waals surface area contributed by atoms with Crippen molar-refractivity contribution in [2.75, 3.05) is 19.4 Å². The Morgan fingerprint density at radius 2 is 1.67 bits per heavy atom. The third kappa shape index (κ3) is 5.12. The number of aromatic nitrogens is 2. The van der Waals surface area contributed by atoms with Gasteiger partial charge in [-0.1, -0.05) is 45.9 Å². The van der Waals surface area contributed by atoms with E-state index in [1.54, 1.807) is 18.2 Å². The second-order valence-electron chi connectivity index (χ2n) is 9.19. The minimum absolute atomic E-state index is 0.0621. The quantitative estimate of drug-likeness (QED) is 0.520. The third-order valence-electron chi connectivity index (χ3n) is 5.94. The van der Waals surface area contributed by atoms with E-state index in [9.17, 15) is 13.2 Å². The zero-order chi connectivity index (χ0) is 24.5. The molecule has 1 N–H and O–H groups in total. The zero-order valence-corrected chi connectivity index (χ0v) is 21.3. The number of hydrogen-bond donors (Lipinski definition) is 1. The normalized spacial score (nSPS) is 12.3. The van der Waals surface area contributed by atoms with Gasteiger partial charge in [-0.05, 0) is 41.2 Å². The largest absolute Gasteiger partial charge is 0.331 e. The SMILES string of the molecule is CC(C)c1cccc(C(C)C)c1NC(=O)CCc1nc2cc(S(=O)(=O)N(C)C)ccc2n1C. The van der Waals surface area contributed by atoms with Gasteiger partial charge in [0.05, 0.1) is 15.9 Å². The van der Waals surface area contributed by atoms with Crippen LogP contribution in [0.5, 0.6) is 0 Å². The molecule has 178 valence electrons. The van der Waals surface area contributed by atoms with Gasteiger partial charge in [0, 0.05) is 39.7 Å². The molecule has 0 aliphatic rings. The monoisotopic (exact) mass is 470 g/mol. The number of anilines is 1. The second kappa shape index (κ2) is 9.65. The summed E-state index contributed by atoms with van der Waals surface area (Å²) in [4.78, 5) is 17.7. The lowest BCUT2D eigenvalue weighted by Crippen LogP contribution is -2.22. The van der Waals surface area contributed by atoms with Gasteiger partial charge in [-0.2, -0.15) is 0 Å². The molecule has 0 bridgehead atoms. The van der Waals surface area contributed by atoms with Gasteiger partial charge in [-0.3, -0.25) is 4.79 Å². The highest BCUT2D eigenvalue weighted by Gasteiger charge is 2.20. The summed E-state index contributed by atoms with van der Waals surface area (Å²) >= 11 is 0. The van der Waals surface area contributed by atoms with Crippen LogP contribution in [0.3, 0.4) is 0 Å². The Morgan fingerprint density at radius 1 is 1.06 bits per heavy atom. The molecule has 0 aliphatic heterocycles. The van der Waals surface area contributed by atoms with Gasteiger partial charge >= 0.3 is 0 Å². The summed E-state index contributed by atoms with van der Waals surface area (Å²) in [5, 5.41) is 3.15. The van der Waals surface area contributed by atoms with Crippen LogP contribution in [-0.2, 0) is 28.3 Å². The van der Waals surface area contributed by atoms with Crippen LogP contribution in [0.4, 0.5) is 5.69 Å². The van der Waals surface area contributed by atoms with E-state index in [0.717, 1.165) is 28.2 Å². The van der Waals surface area contributed by atoms with Crippen LogP contribution in [-0.4, -0.2) is 42.3 Å². The maximum atomic E-state index is 12.9. The molecule has 3 rings (SSSR count). The smallest absolute Gasteiger partial charge is 0.242 e. The van der Waals surface area contributed by atoms with Crippen LogP contribution in [0.1, 0.15) is 62.9 Å². The maximum absolute atomic E-state index is 12.9. The molecule has 33 heavy (non-hydrogen) atoms. The number of carbonyl (C=O) groups excluding carboxylic acids is 1. The summed E-state index contributed by atoms with van der Waals surface area (Å²) in [7, 11) is 1.36. The number of imidazole rings is 1.